The molecule has 1 amide bonds. The summed E-state index contributed by atoms with van der Waals surface area (Å²) in [6.07, 6.45) is 6.04. The number of anilines is 3. The maximum atomic E-state index is 12.8. The molecule has 4 heterocycles. The summed E-state index contributed by atoms with van der Waals surface area (Å²) < 4.78 is 13.7. The van der Waals surface area contributed by atoms with Crippen LogP contribution in [0.5, 0.6) is 11.5 Å². The zero-order valence-electron chi connectivity index (χ0n) is 26.2. The molecule has 0 radical (unpaired) electrons. The minimum absolute atomic E-state index is 0.0954. The molecule has 3 N–H and O–H groups in total. The van der Waals surface area contributed by atoms with Crippen molar-refractivity contribution < 1.29 is 14.3 Å². The molecule has 1 atom stereocenters. The molecule has 2 aromatic carbocycles. The number of pyridine rings is 1. The van der Waals surface area contributed by atoms with Crippen molar-refractivity contribution in [2.24, 2.45) is 18.9 Å². The lowest BCUT2D eigenvalue weighted by atomic mass is 9.80. The monoisotopic (exact) mass is 645 g/mol. The third-order valence-corrected chi connectivity index (χ3v) is 9.25. The van der Waals surface area contributed by atoms with Gasteiger partial charge in [0.05, 0.1) is 11.7 Å². The quantitative estimate of drug-likeness (QED) is 0.229. The van der Waals surface area contributed by atoms with Crippen molar-refractivity contribution >= 4 is 45.9 Å². The molecule has 2 fully saturated rings. The molecular weight excluding hydrogens is 606 g/mol. The fraction of sp³-hybridized carbons (Fsp3) is 0.412. The molecule has 2 aliphatic rings. The van der Waals surface area contributed by atoms with E-state index in [9.17, 15) is 9.59 Å². The van der Waals surface area contributed by atoms with Gasteiger partial charge < -0.3 is 34.9 Å². The van der Waals surface area contributed by atoms with E-state index in [1.165, 1.54) is 11.6 Å². The van der Waals surface area contributed by atoms with E-state index < -0.39 is 0 Å². The van der Waals surface area contributed by atoms with Gasteiger partial charge in [-0.1, -0.05) is 29.8 Å². The van der Waals surface area contributed by atoms with Gasteiger partial charge in [-0.3, -0.25) is 9.59 Å². The number of aromatic nitrogens is 3. The van der Waals surface area contributed by atoms with E-state index in [0.717, 1.165) is 74.2 Å². The number of ether oxygens (including phenoxy) is 2. The highest BCUT2D eigenvalue weighted by atomic mass is 35.5. The van der Waals surface area contributed by atoms with Crippen molar-refractivity contribution in [2.45, 2.75) is 31.8 Å². The molecule has 0 saturated carbocycles. The van der Waals surface area contributed by atoms with Crippen LogP contribution in [0.15, 0.2) is 65.6 Å². The van der Waals surface area contributed by atoms with Crippen LogP contribution in [0, 0.1) is 11.8 Å². The molecule has 11 nitrogen and oxygen atoms in total. The van der Waals surface area contributed by atoms with Gasteiger partial charge in [0.25, 0.3) is 11.5 Å². The molecule has 6 rings (SSSR count). The number of hydrogen-bond donors (Lipinski definition) is 3. The highest BCUT2D eigenvalue weighted by molar-refractivity contribution is 6.32. The van der Waals surface area contributed by atoms with Crippen LogP contribution in [0.25, 0.3) is 10.9 Å². The van der Waals surface area contributed by atoms with Gasteiger partial charge in [-0.2, -0.15) is 4.98 Å². The molecule has 4 aromatic rings. The number of nitrogens with zero attached hydrogens (tertiary/aromatic N) is 4. The Morgan fingerprint density at radius 3 is 2.54 bits per heavy atom. The van der Waals surface area contributed by atoms with Gasteiger partial charge in [-0.15, -0.1) is 0 Å². The molecule has 242 valence electrons. The standard InChI is InChI=1S/C34H40ClN7O4/c1-36-30(43)21-45-29-19-24-18-25(8-9-28(24)41(2)33(29)44)39-32-27(35)20-38-34(40-32)42-16-12-23(13-17-42)31(22-10-14-37-15-11-22)46-26-6-4-3-5-7-26/h3-9,18-20,22-23,31,37H,10-17,21H2,1-2H3,(H,36,43)(H,38,39,40). The lowest BCUT2D eigenvalue weighted by molar-refractivity contribution is -0.122. The van der Waals surface area contributed by atoms with Gasteiger partial charge in [0, 0.05) is 38.3 Å². The van der Waals surface area contributed by atoms with Crippen molar-refractivity contribution in [3.8, 4) is 11.5 Å². The largest absolute Gasteiger partial charge is 0.490 e. The summed E-state index contributed by atoms with van der Waals surface area (Å²) in [7, 11) is 3.19. The minimum atomic E-state index is -0.321. The van der Waals surface area contributed by atoms with Gasteiger partial charge in [0.2, 0.25) is 5.95 Å². The second-order valence-corrected chi connectivity index (χ2v) is 12.3. The Labute approximate surface area is 273 Å². The van der Waals surface area contributed by atoms with Crippen molar-refractivity contribution in [1.29, 1.82) is 0 Å². The molecule has 1 unspecified atom stereocenters. The number of amides is 1. The Bertz CT molecular complexity index is 1720. The summed E-state index contributed by atoms with van der Waals surface area (Å²) in [6, 6.07) is 17.4. The smallest absolute Gasteiger partial charge is 0.293 e. The van der Waals surface area contributed by atoms with Crippen LogP contribution < -0.4 is 35.9 Å². The van der Waals surface area contributed by atoms with Gasteiger partial charge >= 0.3 is 0 Å². The number of para-hydroxylation sites is 1. The summed E-state index contributed by atoms with van der Waals surface area (Å²) in [5.41, 5.74) is 1.13. The summed E-state index contributed by atoms with van der Waals surface area (Å²) in [5, 5.41) is 10.5. The Morgan fingerprint density at radius 1 is 1.07 bits per heavy atom. The zero-order valence-corrected chi connectivity index (χ0v) is 26.9. The zero-order chi connectivity index (χ0) is 32.0. The predicted octanol–water partition coefficient (Wildman–Crippen LogP) is 4.51. The second-order valence-electron chi connectivity index (χ2n) is 11.9. The summed E-state index contributed by atoms with van der Waals surface area (Å²) in [5.74, 6) is 2.81. The summed E-state index contributed by atoms with van der Waals surface area (Å²) in [6.45, 7) is 3.48. The van der Waals surface area contributed by atoms with Gasteiger partial charge in [-0.25, -0.2) is 4.98 Å². The van der Waals surface area contributed by atoms with Crippen LogP contribution in [-0.4, -0.2) is 66.4 Å². The first-order valence-electron chi connectivity index (χ1n) is 15.8. The molecule has 0 aliphatic carbocycles. The average molecular weight is 646 g/mol. The SMILES string of the molecule is CNC(=O)COc1cc2cc(Nc3nc(N4CCC(C(Oc5ccccc5)C5CCNCC5)CC4)ncc3Cl)ccc2n(C)c1=O. The molecule has 2 saturated heterocycles. The summed E-state index contributed by atoms with van der Waals surface area (Å²) >= 11 is 6.56. The fourth-order valence-electron chi connectivity index (χ4n) is 6.42. The van der Waals surface area contributed by atoms with Crippen LogP contribution in [0.4, 0.5) is 17.5 Å². The number of carbonyl (C=O) groups is 1. The maximum absolute atomic E-state index is 12.8. The number of benzene rings is 2. The number of carbonyl (C=O) groups excluding carboxylic acids is 1. The first kappa shape index (κ1) is 31.6. The van der Waals surface area contributed by atoms with E-state index in [0.29, 0.717) is 28.6 Å². The number of hydrogen-bond acceptors (Lipinski definition) is 9. The van der Waals surface area contributed by atoms with E-state index in [1.807, 2.05) is 36.4 Å². The van der Waals surface area contributed by atoms with Crippen LogP contribution in [0.3, 0.4) is 0 Å². The maximum Gasteiger partial charge on any atom is 0.293 e. The van der Waals surface area contributed by atoms with Gasteiger partial charge in [0.15, 0.2) is 18.2 Å². The molecule has 2 aliphatic heterocycles. The Hall–Kier alpha value is -4.35. The van der Waals surface area contributed by atoms with E-state index in [4.69, 9.17) is 26.1 Å². The van der Waals surface area contributed by atoms with E-state index in [1.54, 1.807) is 19.3 Å². The molecule has 12 heteroatoms. The normalized spacial score (nSPS) is 16.6. The average Bonchev–Trinajstić information content (AvgIpc) is 3.10. The second kappa shape index (κ2) is 14.4. The number of likely N-dealkylation sites (N-methyl/N-ethyl adjacent to an activating group) is 1. The lowest BCUT2D eigenvalue weighted by Gasteiger charge is -2.40. The number of nitrogens with one attached hydrogen (secondary N) is 3. The number of piperidine rings is 2. The molecular formula is C34H40ClN7O4. The molecule has 0 spiro atoms. The molecule has 2 aromatic heterocycles. The number of fused-ring (bicyclic) bond motifs is 1. The Kier molecular flexibility index (Phi) is 9.89. The molecule has 0 bridgehead atoms. The third kappa shape index (κ3) is 7.21. The number of aryl methyl sites for hydroxylation is 1. The minimum Gasteiger partial charge on any atom is -0.490 e. The highest BCUT2D eigenvalue weighted by Crippen LogP contribution is 2.34. The van der Waals surface area contributed by atoms with Crippen molar-refractivity contribution in [2.75, 3.05) is 50.1 Å². The fourth-order valence-corrected chi connectivity index (χ4v) is 6.56. The van der Waals surface area contributed by atoms with Crippen LogP contribution >= 0.6 is 11.6 Å². The summed E-state index contributed by atoms with van der Waals surface area (Å²) in [4.78, 5) is 36.0. The Balaban J connectivity index is 1.16. The predicted molar refractivity (Wildman–Crippen MR) is 180 cm³/mol. The van der Waals surface area contributed by atoms with Gasteiger partial charge in [-0.05, 0) is 87.0 Å². The topological polar surface area (TPSA) is 123 Å². The lowest BCUT2D eigenvalue weighted by Crippen LogP contribution is -2.45. The van der Waals surface area contributed by atoms with E-state index in [2.05, 4.69) is 38.0 Å². The van der Waals surface area contributed by atoms with E-state index in [-0.39, 0.29) is 29.9 Å². The van der Waals surface area contributed by atoms with Gasteiger partial charge in [0.1, 0.15) is 16.9 Å². The van der Waals surface area contributed by atoms with Crippen molar-refractivity contribution in [3.05, 3.63) is 76.2 Å². The number of halogens is 1. The Morgan fingerprint density at radius 2 is 1.80 bits per heavy atom. The van der Waals surface area contributed by atoms with Crippen molar-refractivity contribution in [3.63, 3.8) is 0 Å². The first-order valence-corrected chi connectivity index (χ1v) is 16.2. The number of rotatable bonds is 10. The molecule has 46 heavy (non-hydrogen) atoms. The van der Waals surface area contributed by atoms with Crippen LogP contribution in [0.1, 0.15) is 25.7 Å². The van der Waals surface area contributed by atoms with Crippen LogP contribution in [0.2, 0.25) is 5.02 Å². The van der Waals surface area contributed by atoms with Crippen LogP contribution in [-0.2, 0) is 11.8 Å². The third-order valence-electron chi connectivity index (χ3n) is 8.97. The van der Waals surface area contributed by atoms with E-state index >= 15 is 0 Å². The van der Waals surface area contributed by atoms with Crippen molar-refractivity contribution in [1.82, 2.24) is 25.2 Å². The highest BCUT2D eigenvalue weighted by Gasteiger charge is 2.35. The first-order chi connectivity index (χ1) is 22.4.